The number of imidazole rings is 1. The molecule has 2 heterocycles. The monoisotopic (exact) mass is 518 g/mol. The lowest BCUT2D eigenvalue weighted by molar-refractivity contribution is -0.131. The van der Waals surface area contributed by atoms with Gasteiger partial charge in [-0.25, -0.2) is 4.98 Å². The number of benzene rings is 2. The van der Waals surface area contributed by atoms with Crippen molar-refractivity contribution in [1.29, 1.82) is 0 Å². The van der Waals surface area contributed by atoms with Gasteiger partial charge in [0.15, 0.2) is 6.61 Å². The molecule has 0 atom stereocenters. The molecule has 7 heteroatoms. The third kappa shape index (κ3) is 7.83. The van der Waals surface area contributed by atoms with Crippen LogP contribution >= 0.6 is 0 Å². The van der Waals surface area contributed by atoms with Crippen LogP contribution in [0.3, 0.4) is 0 Å². The third-order valence-corrected chi connectivity index (χ3v) is 7.34. The first-order valence-electron chi connectivity index (χ1n) is 14.2. The maximum absolute atomic E-state index is 12.9. The van der Waals surface area contributed by atoms with E-state index in [1.807, 2.05) is 55.1 Å². The van der Waals surface area contributed by atoms with Gasteiger partial charge in [0.2, 0.25) is 5.91 Å². The normalized spacial score (nSPS) is 13.9. The number of rotatable bonds is 12. The Labute approximate surface area is 226 Å². The van der Waals surface area contributed by atoms with Gasteiger partial charge in [0.1, 0.15) is 11.6 Å². The number of carbonyl (C=O) groups excluding carboxylic acids is 2. The number of nitrogens with zero attached hydrogens (tertiary/aromatic N) is 3. The van der Waals surface area contributed by atoms with Gasteiger partial charge < -0.3 is 19.5 Å². The molecule has 1 fully saturated rings. The molecule has 204 valence electrons. The Bertz CT molecular complexity index is 1210. The van der Waals surface area contributed by atoms with Gasteiger partial charge >= 0.3 is 0 Å². The molecule has 0 aliphatic carbocycles. The molecule has 1 aromatic heterocycles. The molecule has 3 aromatic rings. The van der Waals surface area contributed by atoms with Crippen LogP contribution in [0, 0.1) is 13.8 Å². The maximum Gasteiger partial charge on any atom is 0.257 e. The largest absolute Gasteiger partial charge is 0.483 e. The zero-order valence-electron chi connectivity index (χ0n) is 23.0. The quantitative estimate of drug-likeness (QED) is 0.328. The molecule has 4 rings (SSSR count). The van der Waals surface area contributed by atoms with E-state index in [1.165, 1.54) is 12.8 Å². The van der Waals surface area contributed by atoms with E-state index >= 15 is 0 Å². The molecular weight excluding hydrogens is 476 g/mol. The van der Waals surface area contributed by atoms with Crippen molar-refractivity contribution >= 4 is 22.8 Å². The molecule has 2 aromatic carbocycles. The van der Waals surface area contributed by atoms with E-state index in [-0.39, 0.29) is 18.4 Å². The van der Waals surface area contributed by atoms with Gasteiger partial charge in [-0.2, -0.15) is 0 Å². The van der Waals surface area contributed by atoms with E-state index in [9.17, 15) is 9.59 Å². The Morgan fingerprint density at radius 1 is 0.974 bits per heavy atom. The van der Waals surface area contributed by atoms with Crippen molar-refractivity contribution in [3.8, 4) is 5.75 Å². The van der Waals surface area contributed by atoms with Crippen LogP contribution < -0.4 is 10.1 Å². The zero-order chi connectivity index (χ0) is 26.7. The lowest BCUT2D eigenvalue weighted by atomic mass is 10.1. The van der Waals surface area contributed by atoms with E-state index in [2.05, 4.69) is 16.0 Å². The number of unbranched alkanes of at least 4 members (excludes halogenated alkanes) is 2. The number of para-hydroxylation sites is 2. The van der Waals surface area contributed by atoms with Crippen molar-refractivity contribution in [2.75, 3.05) is 26.2 Å². The zero-order valence-corrected chi connectivity index (χ0v) is 23.0. The molecule has 0 bridgehead atoms. The van der Waals surface area contributed by atoms with Crippen molar-refractivity contribution in [1.82, 2.24) is 19.8 Å². The minimum atomic E-state index is -0.0956. The summed E-state index contributed by atoms with van der Waals surface area (Å²) in [5.74, 6) is 1.96. The molecule has 0 radical (unpaired) electrons. The summed E-state index contributed by atoms with van der Waals surface area (Å²) in [6.07, 6.45) is 8.94. The van der Waals surface area contributed by atoms with Gasteiger partial charge in [0.25, 0.3) is 5.91 Å². The predicted molar refractivity (Wildman–Crippen MR) is 151 cm³/mol. The third-order valence-electron chi connectivity index (χ3n) is 7.34. The molecule has 0 spiro atoms. The van der Waals surface area contributed by atoms with Crippen LogP contribution in [0.1, 0.15) is 68.3 Å². The molecule has 2 amide bonds. The number of aryl methyl sites for hydroxylation is 4. The van der Waals surface area contributed by atoms with Crippen LogP contribution in [0.4, 0.5) is 0 Å². The first-order chi connectivity index (χ1) is 18.5. The van der Waals surface area contributed by atoms with E-state index in [0.717, 1.165) is 85.3 Å². The summed E-state index contributed by atoms with van der Waals surface area (Å²) in [6, 6.07) is 14.2. The first-order valence-corrected chi connectivity index (χ1v) is 14.2. The maximum atomic E-state index is 12.9. The van der Waals surface area contributed by atoms with Crippen LogP contribution in [0.5, 0.6) is 5.75 Å². The fourth-order valence-electron chi connectivity index (χ4n) is 5.12. The highest BCUT2D eigenvalue weighted by Crippen LogP contribution is 2.20. The highest BCUT2D eigenvalue weighted by molar-refractivity contribution is 5.78. The Morgan fingerprint density at radius 2 is 1.76 bits per heavy atom. The molecule has 1 aliphatic rings. The number of carbonyl (C=O) groups is 2. The number of ether oxygens (including phenoxy) is 1. The van der Waals surface area contributed by atoms with Gasteiger partial charge in [-0.1, -0.05) is 43.5 Å². The topological polar surface area (TPSA) is 76.5 Å². The molecule has 1 saturated heterocycles. The van der Waals surface area contributed by atoms with E-state index in [4.69, 9.17) is 9.72 Å². The summed E-state index contributed by atoms with van der Waals surface area (Å²) in [5.41, 5.74) is 4.23. The molecule has 1 N–H and O–H groups in total. The molecule has 0 unspecified atom stereocenters. The second-order valence-corrected chi connectivity index (χ2v) is 10.4. The van der Waals surface area contributed by atoms with Crippen molar-refractivity contribution < 1.29 is 14.3 Å². The lowest BCUT2D eigenvalue weighted by Crippen LogP contribution is -2.32. The van der Waals surface area contributed by atoms with Crippen molar-refractivity contribution in [2.45, 2.75) is 78.2 Å². The van der Waals surface area contributed by atoms with Crippen LogP contribution in [-0.4, -0.2) is 52.5 Å². The van der Waals surface area contributed by atoms with E-state index in [0.29, 0.717) is 19.5 Å². The Kier molecular flexibility index (Phi) is 10.2. The van der Waals surface area contributed by atoms with Crippen LogP contribution in [-0.2, 0) is 22.6 Å². The number of hydrogen-bond donors (Lipinski definition) is 1. The Balaban J connectivity index is 1.21. The fraction of sp³-hybridized carbons (Fsp3) is 0.516. The second kappa shape index (κ2) is 14.0. The molecule has 7 nitrogen and oxygen atoms in total. The molecule has 0 saturated carbocycles. The summed E-state index contributed by atoms with van der Waals surface area (Å²) in [6.45, 7) is 7.11. The summed E-state index contributed by atoms with van der Waals surface area (Å²) in [5, 5.41) is 2.96. The smallest absolute Gasteiger partial charge is 0.257 e. The highest BCUT2D eigenvalue weighted by atomic mass is 16.5. The summed E-state index contributed by atoms with van der Waals surface area (Å²) >= 11 is 0. The Morgan fingerprint density at radius 3 is 2.58 bits per heavy atom. The predicted octanol–water partition coefficient (Wildman–Crippen LogP) is 5.35. The lowest BCUT2D eigenvalue weighted by Gasteiger charge is -2.20. The van der Waals surface area contributed by atoms with Gasteiger partial charge in [-0.05, 0) is 68.9 Å². The van der Waals surface area contributed by atoms with Gasteiger partial charge in [0.05, 0.1) is 11.0 Å². The van der Waals surface area contributed by atoms with Gasteiger partial charge in [-0.3, -0.25) is 9.59 Å². The summed E-state index contributed by atoms with van der Waals surface area (Å²) < 4.78 is 7.93. The van der Waals surface area contributed by atoms with Crippen molar-refractivity contribution in [2.24, 2.45) is 0 Å². The van der Waals surface area contributed by atoms with Crippen molar-refractivity contribution in [3.05, 3.63) is 59.4 Å². The first kappa shape index (κ1) is 27.7. The molecular formula is C31H42N4O3. The summed E-state index contributed by atoms with van der Waals surface area (Å²) in [7, 11) is 0. The second-order valence-electron chi connectivity index (χ2n) is 10.4. The van der Waals surface area contributed by atoms with Crippen LogP contribution in [0.25, 0.3) is 11.0 Å². The average molecular weight is 519 g/mol. The highest BCUT2D eigenvalue weighted by Gasteiger charge is 2.17. The number of aromatic nitrogens is 2. The minimum absolute atomic E-state index is 0.0322. The van der Waals surface area contributed by atoms with E-state index < -0.39 is 0 Å². The van der Waals surface area contributed by atoms with Crippen LogP contribution in [0.15, 0.2) is 42.5 Å². The average Bonchev–Trinajstić information content (AvgIpc) is 3.06. The number of amides is 2. The number of likely N-dealkylation sites (tertiary alicyclic amines) is 1. The SMILES string of the molecule is Cc1ccc(C)c(OCC(=O)NCCCCCc2nc3ccccc3n2CCC(=O)N2CCCCCC2)c1. The van der Waals surface area contributed by atoms with Crippen LogP contribution in [0.2, 0.25) is 0 Å². The molecule has 38 heavy (non-hydrogen) atoms. The number of nitrogens with one attached hydrogen (secondary N) is 1. The fourth-order valence-corrected chi connectivity index (χ4v) is 5.12. The molecule has 1 aliphatic heterocycles. The van der Waals surface area contributed by atoms with E-state index in [1.54, 1.807) is 0 Å². The standard InChI is InChI=1S/C31H42N4O3/c1-24-15-16-25(2)28(22-24)38-23-30(36)32-18-9-5-6-14-29-33-26-12-7-8-13-27(26)35(29)21-17-31(37)34-19-10-3-4-11-20-34/h7-8,12-13,15-16,22H,3-6,9-11,14,17-21,23H2,1-2H3,(H,32,36). The number of hydrogen-bond acceptors (Lipinski definition) is 4. The summed E-state index contributed by atoms with van der Waals surface area (Å²) in [4.78, 5) is 32.0. The Hall–Kier alpha value is -3.35. The number of fused-ring (bicyclic) bond motifs is 1. The minimum Gasteiger partial charge on any atom is -0.483 e. The van der Waals surface area contributed by atoms with Crippen molar-refractivity contribution in [3.63, 3.8) is 0 Å². The van der Waals surface area contributed by atoms with Gasteiger partial charge in [-0.15, -0.1) is 0 Å². The van der Waals surface area contributed by atoms with Gasteiger partial charge in [0, 0.05) is 39.0 Å².